The van der Waals surface area contributed by atoms with E-state index in [4.69, 9.17) is 4.74 Å². The van der Waals surface area contributed by atoms with Gasteiger partial charge in [0.15, 0.2) is 0 Å². The van der Waals surface area contributed by atoms with Crippen molar-refractivity contribution >= 4 is 34.5 Å². The van der Waals surface area contributed by atoms with Crippen LogP contribution in [-0.2, 0) is 9.53 Å². The summed E-state index contributed by atoms with van der Waals surface area (Å²) in [5.74, 6) is -1.30. The number of amides is 1. The highest BCUT2D eigenvalue weighted by molar-refractivity contribution is 6.11. The molecular weight excluding hydrogens is 447 g/mol. The summed E-state index contributed by atoms with van der Waals surface area (Å²) in [4.78, 5) is 33.0. The first kappa shape index (κ1) is 24.6. The van der Waals surface area contributed by atoms with Crippen LogP contribution in [0.15, 0.2) is 54.6 Å². The Hall–Kier alpha value is -3.49. The quantitative estimate of drug-likeness (QED) is 0.476. The second-order valence-corrected chi connectivity index (χ2v) is 8.60. The first-order chi connectivity index (χ1) is 17.0. The summed E-state index contributed by atoms with van der Waals surface area (Å²) >= 11 is 0. The molecule has 0 spiro atoms. The SMILES string of the molecule is CCOC(=O)c1[nH]c2ccc(F)cc2c1NC(=O)[C@@H](C)N1CCN(C/C=C/c2ccccc2)CC1. The monoisotopic (exact) mass is 478 g/mol. The average molecular weight is 479 g/mol. The summed E-state index contributed by atoms with van der Waals surface area (Å²) in [6.45, 7) is 7.80. The van der Waals surface area contributed by atoms with E-state index in [1.165, 1.54) is 23.8 Å². The molecular formula is C27H31FN4O3. The third-order valence-electron chi connectivity index (χ3n) is 6.30. The van der Waals surface area contributed by atoms with E-state index < -0.39 is 17.8 Å². The fourth-order valence-corrected chi connectivity index (χ4v) is 4.28. The molecule has 4 rings (SSSR count). The smallest absolute Gasteiger partial charge is 0.356 e. The third-order valence-corrected chi connectivity index (χ3v) is 6.30. The lowest BCUT2D eigenvalue weighted by Gasteiger charge is -2.37. The van der Waals surface area contributed by atoms with E-state index >= 15 is 0 Å². The van der Waals surface area contributed by atoms with E-state index in [1.807, 2.05) is 25.1 Å². The van der Waals surface area contributed by atoms with Gasteiger partial charge >= 0.3 is 5.97 Å². The number of halogens is 1. The predicted molar refractivity (Wildman–Crippen MR) is 136 cm³/mol. The van der Waals surface area contributed by atoms with Crippen molar-refractivity contribution in [3.05, 3.63) is 71.7 Å². The number of esters is 1. The first-order valence-corrected chi connectivity index (χ1v) is 11.9. The largest absolute Gasteiger partial charge is 0.461 e. The number of hydrogen-bond donors (Lipinski definition) is 2. The van der Waals surface area contributed by atoms with Crippen LogP contribution in [0.3, 0.4) is 0 Å². The number of nitrogens with one attached hydrogen (secondary N) is 2. The van der Waals surface area contributed by atoms with Crippen LogP contribution < -0.4 is 5.32 Å². The molecule has 0 aliphatic carbocycles. The topological polar surface area (TPSA) is 77.7 Å². The van der Waals surface area contributed by atoms with Crippen molar-refractivity contribution in [1.29, 1.82) is 0 Å². The molecule has 1 aliphatic heterocycles. The summed E-state index contributed by atoms with van der Waals surface area (Å²) in [6, 6.07) is 13.9. The van der Waals surface area contributed by atoms with Crippen LogP contribution >= 0.6 is 0 Å². The Bertz CT molecular complexity index is 1200. The molecule has 0 radical (unpaired) electrons. The minimum atomic E-state index is -0.593. The Morgan fingerprint density at radius 1 is 1.14 bits per heavy atom. The number of nitrogens with zero attached hydrogens (tertiary/aromatic N) is 2. The van der Waals surface area contributed by atoms with Crippen LogP contribution in [0.2, 0.25) is 0 Å². The molecule has 7 nitrogen and oxygen atoms in total. The number of piperazine rings is 1. The van der Waals surface area contributed by atoms with Gasteiger partial charge in [-0.1, -0.05) is 42.5 Å². The van der Waals surface area contributed by atoms with E-state index in [-0.39, 0.29) is 23.9 Å². The number of rotatable bonds is 8. The number of hydrogen-bond acceptors (Lipinski definition) is 5. The van der Waals surface area contributed by atoms with Gasteiger partial charge in [0.1, 0.15) is 11.5 Å². The molecule has 1 atom stereocenters. The van der Waals surface area contributed by atoms with Crippen molar-refractivity contribution in [2.75, 3.05) is 44.6 Å². The first-order valence-electron chi connectivity index (χ1n) is 11.9. The number of anilines is 1. The average Bonchev–Trinajstić information content (AvgIpc) is 3.22. The third kappa shape index (κ3) is 5.96. The van der Waals surface area contributed by atoms with Crippen molar-refractivity contribution in [2.45, 2.75) is 19.9 Å². The highest BCUT2D eigenvalue weighted by Crippen LogP contribution is 2.29. The number of aromatic nitrogens is 1. The van der Waals surface area contributed by atoms with Crippen LogP contribution in [0.1, 0.15) is 29.9 Å². The summed E-state index contributed by atoms with van der Waals surface area (Å²) in [5, 5.41) is 3.29. The Balaban J connectivity index is 1.38. The second kappa shape index (κ2) is 11.3. The van der Waals surface area contributed by atoms with E-state index in [0.717, 1.165) is 32.7 Å². The lowest BCUT2D eigenvalue weighted by atomic mass is 10.1. The van der Waals surface area contributed by atoms with E-state index in [0.29, 0.717) is 10.9 Å². The number of fused-ring (bicyclic) bond motifs is 1. The van der Waals surface area contributed by atoms with Crippen molar-refractivity contribution in [3.63, 3.8) is 0 Å². The van der Waals surface area contributed by atoms with Crippen LogP contribution in [0.25, 0.3) is 17.0 Å². The molecule has 2 aromatic carbocycles. The Labute approximate surface area is 204 Å². The molecule has 1 fully saturated rings. The van der Waals surface area contributed by atoms with Crippen LogP contribution in [0, 0.1) is 5.82 Å². The molecule has 1 saturated heterocycles. The normalized spacial score (nSPS) is 16.0. The Morgan fingerprint density at radius 3 is 2.60 bits per heavy atom. The number of carbonyl (C=O) groups excluding carboxylic acids is 2. The van der Waals surface area contributed by atoms with Gasteiger partial charge in [-0.3, -0.25) is 14.6 Å². The molecule has 0 saturated carbocycles. The maximum absolute atomic E-state index is 13.9. The molecule has 0 bridgehead atoms. The standard InChI is InChI=1S/C27H31FN4O3/c1-3-35-27(34)25-24(22-18-21(28)11-12-23(22)29-25)30-26(33)19(2)32-16-14-31(15-17-32)13-7-10-20-8-5-4-6-9-20/h4-12,18-19,29H,3,13-17H2,1-2H3,(H,30,33)/b10-7+/t19-/m1/s1. The molecule has 0 unspecified atom stereocenters. The minimum Gasteiger partial charge on any atom is -0.461 e. The molecule has 2 N–H and O–H groups in total. The van der Waals surface area contributed by atoms with Crippen LogP contribution in [0.4, 0.5) is 10.1 Å². The van der Waals surface area contributed by atoms with Crippen molar-refractivity contribution < 1.29 is 18.7 Å². The lowest BCUT2D eigenvalue weighted by Crippen LogP contribution is -2.52. The Morgan fingerprint density at radius 2 is 1.89 bits per heavy atom. The molecule has 35 heavy (non-hydrogen) atoms. The lowest BCUT2D eigenvalue weighted by molar-refractivity contribution is -0.121. The zero-order valence-electron chi connectivity index (χ0n) is 20.1. The molecule has 1 amide bonds. The summed E-state index contributed by atoms with van der Waals surface area (Å²) in [7, 11) is 0. The Kier molecular flexibility index (Phi) is 7.94. The number of H-pyrrole nitrogens is 1. The molecule has 1 aromatic heterocycles. The fourth-order valence-electron chi connectivity index (χ4n) is 4.28. The van der Waals surface area contributed by atoms with Gasteiger partial charge in [-0.2, -0.15) is 0 Å². The molecule has 184 valence electrons. The van der Waals surface area contributed by atoms with E-state index in [9.17, 15) is 14.0 Å². The number of ether oxygens (including phenoxy) is 1. The molecule has 2 heterocycles. The van der Waals surface area contributed by atoms with Crippen molar-refractivity contribution in [1.82, 2.24) is 14.8 Å². The fraction of sp³-hybridized carbons (Fsp3) is 0.333. The molecule has 8 heteroatoms. The maximum atomic E-state index is 13.9. The van der Waals surface area contributed by atoms with Gasteiger partial charge in [0, 0.05) is 43.6 Å². The highest BCUT2D eigenvalue weighted by atomic mass is 19.1. The van der Waals surface area contributed by atoms with Gasteiger partial charge in [-0.25, -0.2) is 9.18 Å². The summed E-state index contributed by atoms with van der Waals surface area (Å²) in [6.07, 6.45) is 4.28. The van der Waals surface area contributed by atoms with E-state index in [2.05, 4.69) is 44.4 Å². The van der Waals surface area contributed by atoms with Gasteiger partial charge in [0.2, 0.25) is 5.91 Å². The zero-order valence-corrected chi connectivity index (χ0v) is 20.1. The van der Waals surface area contributed by atoms with Crippen molar-refractivity contribution in [3.8, 4) is 0 Å². The maximum Gasteiger partial charge on any atom is 0.356 e. The van der Waals surface area contributed by atoms with Crippen LogP contribution in [0.5, 0.6) is 0 Å². The second-order valence-electron chi connectivity index (χ2n) is 8.60. The number of aromatic amines is 1. The predicted octanol–water partition coefficient (Wildman–Crippen LogP) is 4.14. The van der Waals surface area contributed by atoms with Gasteiger partial charge < -0.3 is 15.0 Å². The zero-order chi connectivity index (χ0) is 24.8. The summed E-state index contributed by atoms with van der Waals surface area (Å²) in [5.41, 5.74) is 2.09. The number of benzene rings is 2. The van der Waals surface area contributed by atoms with E-state index in [1.54, 1.807) is 6.92 Å². The summed E-state index contributed by atoms with van der Waals surface area (Å²) < 4.78 is 19.0. The van der Waals surface area contributed by atoms with Gasteiger partial charge in [0.25, 0.3) is 0 Å². The molecule has 3 aromatic rings. The van der Waals surface area contributed by atoms with Gasteiger partial charge in [-0.15, -0.1) is 0 Å². The minimum absolute atomic E-state index is 0.114. The number of carbonyl (C=O) groups is 2. The van der Waals surface area contributed by atoms with Crippen molar-refractivity contribution in [2.24, 2.45) is 0 Å². The molecule has 1 aliphatic rings. The van der Waals surface area contributed by atoms with Gasteiger partial charge in [-0.05, 0) is 37.6 Å². The van der Waals surface area contributed by atoms with Gasteiger partial charge in [0.05, 0.1) is 18.3 Å². The highest BCUT2D eigenvalue weighted by Gasteiger charge is 2.28. The van der Waals surface area contributed by atoms with Crippen LogP contribution in [-0.4, -0.2) is 72.0 Å².